The monoisotopic (exact) mass is 411 g/mol. The molecule has 8 nitrogen and oxygen atoms in total. The Morgan fingerprint density at radius 3 is 2.60 bits per heavy atom. The normalized spacial score (nSPS) is 16.5. The summed E-state index contributed by atoms with van der Waals surface area (Å²) in [6.45, 7) is 1.39. The maximum absolute atomic E-state index is 12.8. The minimum Gasteiger partial charge on any atom is -0.497 e. The van der Waals surface area contributed by atoms with Crippen LogP contribution in [0.15, 0.2) is 42.5 Å². The van der Waals surface area contributed by atoms with Crippen molar-refractivity contribution in [2.24, 2.45) is 0 Å². The zero-order chi connectivity index (χ0) is 21.1. The molecule has 4 rings (SSSR count). The molecular weight excluding hydrogens is 386 g/mol. The first kappa shape index (κ1) is 19.9. The van der Waals surface area contributed by atoms with Gasteiger partial charge in [0.05, 0.1) is 25.6 Å². The molecule has 0 atom stereocenters. The van der Waals surface area contributed by atoms with E-state index in [0.29, 0.717) is 49.7 Å². The maximum Gasteiger partial charge on any atom is 0.414 e. The number of fused-ring (bicyclic) bond motifs is 1. The first-order chi connectivity index (χ1) is 14.6. The van der Waals surface area contributed by atoms with Crippen molar-refractivity contribution in [2.45, 2.75) is 25.5 Å². The molecule has 2 aliphatic heterocycles. The van der Waals surface area contributed by atoms with Gasteiger partial charge in [-0.2, -0.15) is 0 Å². The van der Waals surface area contributed by atoms with Gasteiger partial charge in [-0.3, -0.25) is 4.90 Å². The summed E-state index contributed by atoms with van der Waals surface area (Å²) < 4.78 is 15.9. The summed E-state index contributed by atoms with van der Waals surface area (Å²) in [5, 5.41) is 2.90. The van der Waals surface area contributed by atoms with Crippen molar-refractivity contribution in [1.29, 1.82) is 0 Å². The predicted molar refractivity (Wildman–Crippen MR) is 112 cm³/mol. The molecule has 1 saturated heterocycles. The second kappa shape index (κ2) is 8.52. The average molecular weight is 411 g/mol. The number of hydrogen-bond acceptors (Lipinski definition) is 5. The van der Waals surface area contributed by atoms with Gasteiger partial charge in [-0.15, -0.1) is 0 Å². The van der Waals surface area contributed by atoms with Gasteiger partial charge in [-0.05, 0) is 31.0 Å². The second-order valence-electron chi connectivity index (χ2n) is 7.27. The summed E-state index contributed by atoms with van der Waals surface area (Å²) in [5.41, 5.74) is 2.49. The smallest absolute Gasteiger partial charge is 0.414 e. The first-order valence-electron chi connectivity index (χ1n) is 9.92. The lowest BCUT2D eigenvalue weighted by molar-refractivity contribution is 0.134. The van der Waals surface area contributed by atoms with Gasteiger partial charge in [-0.25, -0.2) is 9.59 Å². The second-order valence-corrected chi connectivity index (χ2v) is 7.27. The predicted octanol–water partition coefficient (Wildman–Crippen LogP) is 3.86. The van der Waals surface area contributed by atoms with Crippen molar-refractivity contribution < 1.29 is 23.8 Å². The summed E-state index contributed by atoms with van der Waals surface area (Å²) in [5.74, 6) is 1.18. The molecule has 30 heavy (non-hydrogen) atoms. The van der Waals surface area contributed by atoms with E-state index in [1.54, 1.807) is 42.2 Å². The van der Waals surface area contributed by atoms with Crippen LogP contribution in [0.5, 0.6) is 11.5 Å². The van der Waals surface area contributed by atoms with Crippen LogP contribution in [0.3, 0.4) is 0 Å². The third-order valence-electron chi connectivity index (χ3n) is 5.57. The van der Waals surface area contributed by atoms with Crippen LogP contribution in [0.4, 0.5) is 21.0 Å². The Bertz CT molecular complexity index is 940. The largest absolute Gasteiger partial charge is 0.497 e. The molecule has 1 fully saturated rings. The highest BCUT2D eigenvalue weighted by Gasteiger charge is 2.35. The third-order valence-corrected chi connectivity index (χ3v) is 5.57. The Hall–Kier alpha value is -3.42. The number of amides is 3. The molecule has 2 aliphatic rings. The Kier molecular flexibility index (Phi) is 5.65. The van der Waals surface area contributed by atoms with E-state index in [-0.39, 0.29) is 18.2 Å². The van der Waals surface area contributed by atoms with Crippen molar-refractivity contribution >= 4 is 23.5 Å². The number of cyclic esters (lactones) is 1. The number of benzene rings is 2. The first-order valence-corrected chi connectivity index (χ1v) is 9.92. The van der Waals surface area contributed by atoms with Crippen LogP contribution in [0.2, 0.25) is 0 Å². The van der Waals surface area contributed by atoms with Gasteiger partial charge in [-0.1, -0.05) is 18.2 Å². The van der Waals surface area contributed by atoms with Crippen LogP contribution < -0.4 is 19.7 Å². The number of anilines is 2. The van der Waals surface area contributed by atoms with Crippen molar-refractivity contribution in [2.75, 3.05) is 37.5 Å². The molecule has 1 N–H and O–H groups in total. The molecule has 8 heteroatoms. The number of carbonyl (C=O) groups excluding carboxylic acids is 2. The fourth-order valence-electron chi connectivity index (χ4n) is 3.94. The van der Waals surface area contributed by atoms with Gasteiger partial charge < -0.3 is 24.4 Å². The minimum absolute atomic E-state index is 0.00137. The SMILES string of the molecule is COc1ccc(NC(=O)N2CCC(N3C(=O)OCc4ccccc43)CC2)c(OC)c1. The van der Waals surface area contributed by atoms with Crippen LogP contribution >= 0.6 is 0 Å². The molecule has 0 aliphatic carbocycles. The van der Waals surface area contributed by atoms with Gasteiger partial charge >= 0.3 is 12.1 Å². The van der Waals surface area contributed by atoms with Crippen LogP contribution in [0.25, 0.3) is 0 Å². The molecule has 3 amide bonds. The standard InChI is InChI=1S/C22H25N3O5/c1-28-17-7-8-18(20(13-17)29-2)23-21(26)24-11-9-16(10-12-24)25-19-6-4-3-5-15(19)14-30-22(25)27/h3-8,13,16H,9-12,14H2,1-2H3,(H,23,26). The fraction of sp³-hybridized carbons (Fsp3) is 0.364. The lowest BCUT2D eigenvalue weighted by Gasteiger charge is -2.40. The molecule has 0 radical (unpaired) electrons. The molecular formula is C22H25N3O5. The van der Waals surface area contributed by atoms with E-state index in [9.17, 15) is 9.59 Å². The Balaban J connectivity index is 1.40. The highest BCUT2D eigenvalue weighted by Crippen LogP contribution is 2.32. The van der Waals surface area contributed by atoms with Crippen LogP contribution in [0.1, 0.15) is 18.4 Å². The van der Waals surface area contributed by atoms with E-state index in [1.807, 2.05) is 24.3 Å². The molecule has 2 heterocycles. The van der Waals surface area contributed by atoms with Gasteiger partial charge in [0.25, 0.3) is 0 Å². The number of nitrogens with zero attached hydrogens (tertiary/aromatic N) is 2. The van der Waals surface area contributed by atoms with E-state index < -0.39 is 0 Å². The zero-order valence-corrected chi connectivity index (χ0v) is 17.1. The molecule has 0 aromatic heterocycles. The Morgan fingerprint density at radius 2 is 1.87 bits per heavy atom. The van der Waals surface area contributed by atoms with E-state index in [1.165, 1.54) is 0 Å². The van der Waals surface area contributed by atoms with Gasteiger partial charge in [0, 0.05) is 30.8 Å². The van der Waals surface area contributed by atoms with Crippen LogP contribution in [-0.2, 0) is 11.3 Å². The fourth-order valence-corrected chi connectivity index (χ4v) is 3.94. The number of urea groups is 1. The van der Waals surface area contributed by atoms with E-state index >= 15 is 0 Å². The summed E-state index contributed by atoms with van der Waals surface area (Å²) in [6, 6.07) is 12.8. The summed E-state index contributed by atoms with van der Waals surface area (Å²) in [7, 11) is 3.12. The van der Waals surface area contributed by atoms with Gasteiger partial charge in [0.2, 0.25) is 0 Å². The minimum atomic E-state index is -0.320. The molecule has 0 spiro atoms. The Labute approximate surface area is 175 Å². The van der Waals surface area contributed by atoms with Crippen molar-refractivity contribution in [3.63, 3.8) is 0 Å². The van der Waals surface area contributed by atoms with Crippen LogP contribution in [-0.4, -0.2) is 50.4 Å². The number of para-hydroxylation sites is 1. The number of piperidine rings is 1. The average Bonchev–Trinajstić information content (AvgIpc) is 2.79. The van der Waals surface area contributed by atoms with E-state index in [0.717, 1.165) is 11.3 Å². The number of likely N-dealkylation sites (tertiary alicyclic amines) is 1. The highest BCUT2D eigenvalue weighted by atomic mass is 16.6. The Morgan fingerprint density at radius 1 is 1.10 bits per heavy atom. The molecule has 0 bridgehead atoms. The van der Waals surface area contributed by atoms with Crippen LogP contribution in [0, 0.1) is 0 Å². The quantitative estimate of drug-likeness (QED) is 0.826. The summed E-state index contributed by atoms with van der Waals surface area (Å²) >= 11 is 0. The van der Waals surface area contributed by atoms with Crippen molar-refractivity contribution in [3.8, 4) is 11.5 Å². The van der Waals surface area contributed by atoms with E-state index in [2.05, 4.69) is 5.32 Å². The number of ether oxygens (including phenoxy) is 3. The zero-order valence-electron chi connectivity index (χ0n) is 17.1. The molecule has 2 aromatic rings. The lowest BCUT2D eigenvalue weighted by Crippen LogP contribution is -2.51. The van der Waals surface area contributed by atoms with E-state index in [4.69, 9.17) is 14.2 Å². The number of nitrogens with one attached hydrogen (secondary N) is 1. The molecule has 2 aromatic carbocycles. The highest BCUT2D eigenvalue weighted by molar-refractivity contribution is 5.92. The number of hydrogen-bond donors (Lipinski definition) is 1. The number of rotatable bonds is 4. The summed E-state index contributed by atoms with van der Waals surface area (Å²) in [4.78, 5) is 28.7. The summed E-state index contributed by atoms with van der Waals surface area (Å²) in [6.07, 6.45) is 1.03. The molecule has 0 saturated carbocycles. The molecule has 158 valence electrons. The van der Waals surface area contributed by atoms with Gasteiger partial charge in [0.15, 0.2) is 0 Å². The maximum atomic E-state index is 12.8. The molecule has 0 unspecified atom stereocenters. The lowest BCUT2D eigenvalue weighted by atomic mass is 10.0. The topological polar surface area (TPSA) is 80.3 Å². The third kappa shape index (κ3) is 3.85. The van der Waals surface area contributed by atoms with Crippen molar-refractivity contribution in [1.82, 2.24) is 4.90 Å². The number of methoxy groups -OCH3 is 2. The van der Waals surface area contributed by atoms with Gasteiger partial charge in [0.1, 0.15) is 18.1 Å². The van der Waals surface area contributed by atoms with Crippen molar-refractivity contribution in [3.05, 3.63) is 48.0 Å². The number of carbonyl (C=O) groups is 2.